The molecule has 1 aromatic carbocycles. The molecule has 19 heavy (non-hydrogen) atoms. The molecule has 0 aromatic heterocycles. The maximum absolute atomic E-state index is 12.3. The first-order chi connectivity index (χ1) is 9.31. The molecule has 1 saturated heterocycles. The summed E-state index contributed by atoms with van der Waals surface area (Å²) in [5.74, 6) is 0.122. The third-order valence-electron chi connectivity index (χ3n) is 3.48. The van der Waals surface area contributed by atoms with Gasteiger partial charge in [0.25, 0.3) is 5.91 Å². The minimum absolute atomic E-state index is 0.122. The number of benzene rings is 1. The maximum Gasteiger partial charge on any atom is 0.253 e. The molecule has 4 heteroatoms. The summed E-state index contributed by atoms with van der Waals surface area (Å²) in [5.41, 5.74) is 1.73. The van der Waals surface area contributed by atoms with Gasteiger partial charge in [0, 0.05) is 25.2 Å². The highest BCUT2D eigenvalue weighted by molar-refractivity contribution is 5.94. The first-order valence-electron chi connectivity index (χ1n) is 6.86. The lowest BCUT2D eigenvalue weighted by Gasteiger charge is -2.20. The number of likely N-dealkylation sites (tertiary alicyclic amines) is 1. The van der Waals surface area contributed by atoms with Crippen molar-refractivity contribution in [1.82, 2.24) is 10.2 Å². The van der Waals surface area contributed by atoms with E-state index in [0.717, 1.165) is 37.1 Å². The van der Waals surface area contributed by atoms with Gasteiger partial charge in [0.1, 0.15) is 0 Å². The van der Waals surface area contributed by atoms with Crippen LogP contribution in [0, 0.1) is 0 Å². The molecule has 4 nitrogen and oxygen atoms in total. The third-order valence-corrected chi connectivity index (χ3v) is 3.48. The Hall–Kier alpha value is -1.84. The van der Waals surface area contributed by atoms with E-state index in [-0.39, 0.29) is 5.91 Å². The molecule has 1 aliphatic heterocycles. The van der Waals surface area contributed by atoms with Gasteiger partial charge in [-0.15, -0.1) is 0 Å². The predicted octanol–water partition coefficient (Wildman–Crippen LogP) is 1.95. The van der Waals surface area contributed by atoms with Gasteiger partial charge in [0.05, 0.1) is 0 Å². The standard InChI is InChI=1S/C15H20N2O2/c18-12-16-11-13-5-7-14(8-6-13)15(19)17-9-3-1-2-4-10-17/h5-8,12H,1-4,9-11H2,(H,16,18). The summed E-state index contributed by atoms with van der Waals surface area (Å²) in [6, 6.07) is 7.47. The van der Waals surface area contributed by atoms with E-state index in [4.69, 9.17) is 0 Å². The average molecular weight is 260 g/mol. The van der Waals surface area contributed by atoms with Crippen LogP contribution in [0.15, 0.2) is 24.3 Å². The van der Waals surface area contributed by atoms with Crippen molar-refractivity contribution in [2.24, 2.45) is 0 Å². The Morgan fingerprint density at radius 3 is 2.32 bits per heavy atom. The number of hydrogen-bond donors (Lipinski definition) is 1. The Morgan fingerprint density at radius 1 is 1.11 bits per heavy atom. The lowest BCUT2D eigenvalue weighted by Crippen LogP contribution is -2.31. The van der Waals surface area contributed by atoms with E-state index in [1.165, 1.54) is 12.8 Å². The zero-order valence-electron chi connectivity index (χ0n) is 11.1. The van der Waals surface area contributed by atoms with Crippen LogP contribution in [-0.4, -0.2) is 30.3 Å². The molecule has 2 rings (SSSR count). The minimum atomic E-state index is 0.122. The van der Waals surface area contributed by atoms with Gasteiger partial charge in [-0.2, -0.15) is 0 Å². The summed E-state index contributed by atoms with van der Waals surface area (Å²) in [7, 11) is 0. The molecule has 102 valence electrons. The summed E-state index contributed by atoms with van der Waals surface area (Å²) in [6.45, 7) is 2.24. The number of rotatable bonds is 4. The number of carbonyl (C=O) groups excluding carboxylic acids is 2. The molecule has 0 saturated carbocycles. The summed E-state index contributed by atoms with van der Waals surface area (Å²) < 4.78 is 0. The normalized spacial score (nSPS) is 15.7. The molecule has 0 radical (unpaired) electrons. The first-order valence-corrected chi connectivity index (χ1v) is 6.86. The summed E-state index contributed by atoms with van der Waals surface area (Å²) in [4.78, 5) is 24.5. The van der Waals surface area contributed by atoms with E-state index in [9.17, 15) is 9.59 Å². The highest BCUT2D eigenvalue weighted by Gasteiger charge is 2.16. The van der Waals surface area contributed by atoms with E-state index in [1.54, 1.807) is 0 Å². The lowest BCUT2D eigenvalue weighted by molar-refractivity contribution is -0.109. The quantitative estimate of drug-likeness (QED) is 0.841. The van der Waals surface area contributed by atoms with Crippen LogP contribution in [0.3, 0.4) is 0 Å². The SMILES string of the molecule is O=CNCc1ccc(C(=O)N2CCCCCC2)cc1. The van der Waals surface area contributed by atoms with E-state index < -0.39 is 0 Å². The van der Waals surface area contributed by atoms with Gasteiger partial charge in [-0.25, -0.2) is 0 Å². The van der Waals surface area contributed by atoms with Crippen molar-refractivity contribution >= 4 is 12.3 Å². The summed E-state index contributed by atoms with van der Waals surface area (Å²) in [6.07, 6.45) is 5.33. The van der Waals surface area contributed by atoms with Crippen LogP contribution < -0.4 is 5.32 Å². The molecule has 0 spiro atoms. The molecule has 1 N–H and O–H groups in total. The van der Waals surface area contributed by atoms with E-state index in [0.29, 0.717) is 13.0 Å². The summed E-state index contributed by atoms with van der Waals surface area (Å²) >= 11 is 0. The predicted molar refractivity (Wildman–Crippen MR) is 73.7 cm³/mol. The number of hydrogen-bond acceptors (Lipinski definition) is 2. The van der Waals surface area contributed by atoms with Crippen molar-refractivity contribution in [3.8, 4) is 0 Å². The van der Waals surface area contributed by atoms with Crippen LogP contribution in [0.5, 0.6) is 0 Å². The van der Waals surface area contributed by atoms with Crippen LogP contribution in [0.2, 0.25) is 0 Å². The van der Waals surface area contributed by atoms with Crippen LogP contribution in [-0.2, 0) is 11.3 Å². The molecule has 1 aromatic rings. The Balaban J connectivity index is 1.99. The van der Waals surface area contributed by atoms with Gasteiger partial charge in [-0.3, -0.25) is 9.59 Å². The molecule has 0 atom stereocenters. The van der Waals surface area contributed by atoms with Crippen molar-refractivity contribution < 1.29 is 9.59 Å². The van der Waals surface area contributed by atoms with Gasteiger partial charge in [0.2, 0.25) is 6.41 Å². The molecule has 0 unspecified atom stereocenters. The van der Waals surface area contributed by atoms with Crippen molar-refractivity contribution in [2.45, 2.75) is 32.2 Å². The van der Waals surface area contributed by atoms with Crippen molar-refractivity contribution in [1.29, 1.82) is 0 Å². The fraction of sp³-hybridized carbons (Fsp3) is 0.467. The molecule has 1 heterocycles. The van der Waals surface area contributed by atoms with Crippen molar-refractivity contribution in [2.75, 3.05) is 13.1 Å². The fourth-order valence-electron chi connectivity index (χ4n) is 2.38. The zero-order chi connectivity index (χ0) is 13.5. The van der Waals surface area contributed by atoms with Crippen LogP contribution in [0.4, 0.5) is 0 Å². The second-order valence-corrected chi connectivity index (χ2v) is 4.90. The molecule has 1 aliphatic rings. The molecule has 2 amide bonds. The Morgan fingerprint density at radius 2 is 1.74 bits per heavy atom. The highest BCUT2D eigenvalue weighted by Crippen LogP contribution is 2.14. The van der Waals surface area contributed by atoms with E-state index >= 15 is 0 Å². The monoisotopic (exact) mass is 260 g/mol. The molecule has 1 fully saturated rings. The highest BCUT2D eigenvalue weighted by atomic mass is 16.2. The number of carbonyl (C=O) groups is 2. The molecule has 0 bridgehead atoms. The van der Waals surface area contributed by atoms with Crippen molar-refractivity contribution in [3.05, 3.63) is 35.4 Å². The largest absolute Gasteiger partial charge is 0.355 e. The van der Waals surface area contributed by atoms with E-state index in [1.807, 2.05) is 29.2 Å². The number of nitrogens with one attached hydrogen (secondary N) is 1. The van der Waals surface area contributed by atoms with E-state index in [2.05, 4.69) is 5.32 Å². The second kappa shape index (κ2) is 6.92. The summed E-state index contributed by atoms with van der Waals surface area (Å²) in [5, 5.41) is 2.61. The third kappa shape index (κ3) is 3.81. The lowest BCUT2D eigenvalue weighted by atomic mass is 10.1. The van der Waals surface area contributed by atoms with Crippen LogP contribution >= 0.6 is 0 Å². The molecular weight excluding hydrogens is 240 g/mol. The second-order valence-electron chi connectivity index (χ2n) is 4.90. The smallest absolute Gasteiger partial charge is 0.253 e. The van der Waals surface area contributed by atoms with Gasteiger partial charge in [-0.1, -0.05) is 25.0 Å². The Labute approximate surface area is 113 Å². The number of nitrogens with zero attached hydrogens (tertiary/aromatic N) is 1. The Bertz CT molecular complexity index is 420. The average Bonchev–Trinajstić information content (AvgIpc) is 2.74. The minimum Gasteiger partial charge on any atom is -0.355 e. The van der Waals surface area contributed by atoms with Crippen LogP contribution in [0.25, 0.3) is 0 Å². The number of amides is 2. The van der Waals surface area contributed by atoms with Gasteiger partial charge in [0.15, 0.2) is 0 Å². The molecule has 0 aliphatic carbocycles. The zero-order valence-corrected chi connectivity index (χ0v) is 11.1. The first kappa shape index (κ1) is 13.6. The van der Waals surface area contributed by atoms with Gasteiger partial charge in [-0.05, 0) is 30.5 Å². The van der Waals surface area contributed by atoms with Gasteiger partial charge >= 0.3 is 0 Å². The van der Waals surface area contributed by atoms with Crippen molar-refractivity contribution in [3.63, 3.8) is 0 Å². The topological polar surface area (TPSA) is 49.4 Å². The fourth-order valence-corrected chi connectivity index (χ4v) is 2.38. The van der Waals surface area contributed by atoms with Gasteiger partial charge < -0.3 is 10.2 Å². The maximum atomic E-state index is 12.3. The Kier molecular flexibility index (Phi) is 4.95. The van der Waals surface area contributed by atoms with Crippen LogP contribution in [0.1, 0.15) is 41.6 Å². The molecular formula is C15H20N2O2.